The standard InChI is InChI=1S/C15H22N2O3/c18-12-5-7-17(15(19)13(16-12)9-1-2-9)11-6-8-20-14(11)10-3-4-10/h9-11,13-14H,1-8H2,(H,16,18). The second kappa shape index (κ2) is 4.72. The van der Waals surface area contributed by atoms with Crippen molar-refractivity contribution in [2.24, 2.45) is 11.8 Å². The molecule has 0 aromatic rings. The maximum Gasteiger partial charge on any atom is 0.245 e. The van der Waals surface area contributed by atoms with Gasteiger partial charge in [0.2, 0.25) is 11.8 Å². The van der Waals surface area contributed by atoms with Crippen LogP contribution in [0.3, 0.4) is 0 Å². The first kappa shape index (κ1) is 12.6. The van der Waals surface area contributed by atoms with Gasteiger partial charge in [0.15, 0.2) is 0 Å². The zero-order valence-electron chi connectivity index (χ0n) is 11.7. The molecule has 4 rings (SSSR count). The van der Waals surface area contributed by atoms with E-state index in [1.807, 2.05) is 4.90 Å². The van der Waals surface area contributed by atoms with Gasteiger partial charge in [-0.2, -0.15) is 0 Å². The maximum atomic E-state index is 12.8. The summed E-state index contributed by atoms with van der Waals surface area (Å²) < 4.78 is 5.87. The fourth-order valence-electron chi connectivity index (χ4n) is 3.70. The number of nitrogens with zero attached hydrogens (tertiary/aromatic N) is 1. The Morgan fingerprint density at radius 1 is 1.05 bits per heavy atom. The summed E-state index contributed by atoms with van der Waals surface area (Å²) in [5, 5.41) is 2.93. The Morgan fingerprint density at radius 3 is 2.50 bits per heavy atom. The molecule has 20 heavy (non-hydrogen) atoms. The first-order valence-corrected chi connectivity index (χ1v) is 7.95. The van der Waals surface area contributed by atoms with E-state index >= 15 is 0 Å². The summed E-state index contributed by atoms with van der Waals surface area (Å²) in [6.45, 7) is 1.32. The van der Waals surface area contributed by atoms with Crippen LogP contribution in [0.5, 0.6) is 0 Å². The number of carbonyl (C=O) groups excluding carboxylic acids is 2. The normalized spacial score (nSPS) is 38.8. The molecule has 2 saturated carbocycles. The fourth-order valence-corrected chi connectivity index (χ4v) is 3.70. The summed E-state index contributed by atoms with van der Waals surface area (Å²) in [6, 6.07) is -0.0746. The van der Waals surface area contributed by atoms with Crippen LogP contribution in [0.25, 0.3) is 0 Å². The molecule has 0 aromatic carbocycles. The Bertz CT molecular complexity index is 431. The molecule has 0 aromatic heterocycles. The Morgan fingerprint density at radius 2 is 1.80 bits per heavy atom. The quantitative estimate of drug-likeness (QED) is 0.826. The Labute approximate surface area is 119 Å². The van der Waals surface area contributed by atoms with Gasteiger partial charge in [0, 0.05) is 19.6 Å². The first-order valence-electron chi connectivity index (χ1n) is 7.95. The zero-order chi connectivity index (χ0) is 13.7. The Balaban J connectivity index is 1.55. The van der Waals surface area contributed by atoms with Crippen molar-refractivity contribution in [2.75, 3.05) is 13.2 Å². The average Bonchev–Trinajstić information content (AvgIpc) is 3.34. The van der Waals surface area contributed by atoms with Crippen LogP contribution in [-0.4, -0.2) is 48.1 Å². The molecular weight excluding hydrogens is 256 g/mol. The molecule has 0 bridgehead atoms. The molecule has 2 saturated heterocycles. The highest BCUT2D eigenvalue weighted by atomic mass is 16.5. The molecule has 0 spiro atoms. The second-order valence-electron chi connectivity index (χ2n) is 6.69. The molecule has 0 radical (unpaired) electrons. The minimum Gasteiger partial charge on any atom is -0.376 e. The van der Waals surface area contributed by atoms with Crippen molar-refractivity contribution in [3.8, 4) is 0 Å². The molecule has 4 fully saturated rings. The van der Waals surface area contributed by atoms with E-state index in [-0.39, 0.29) is 30.0 Å². The molecule has 110 valence electrons. The number of hydrogen-bond acceptors (Lipinski definition) is 3. The van der Waals surface area contributed by atoms with Crippen molar-refractivity contribution in [1.82, 2.24) is 10.2 Å². The van der Waals surface area contributed by atoms with Crippen LogP contribution in [0, 0.1) is 11.8 Å². The van der Waals surface area contributed by atoms with Gasteiger partial charge >= 0.3 is 0 Å². The first-order chi connectivity index (χ1) is 9.74. The van der Waals surface area contributed by atoms with Crippen molar-refractivity contribution < 1.29 is 14.3 Å². The second-order valence-corrected chi connectivity index (χ2v) is 6.69. The van der Waals surface area contributed by atoms with Crippen molar-refractivity contribution in [2.45, 2.75) is 56.7 Å². The van der Waals surface area contributed by atoms with Gasteiger partial charge in [-0.3, -0.25) is 9.59 Å². The van der Waals surface area contributed by atoms with Gasteiger partial charge in [-0.05, 0) is 43.9 Å². The Kier molecular flexibility index (Phi) is 2.98. The van der Waals surface area contributed by atoms with Gasteiger partial charge in [0.05, 0.1) is 12.1 Å². The summed E-state index contributed by atoms with van der Waals surface area (Å²) in [6.07, 6.45) is 6.17. The zero-order valence-corrected chi connectivity index (χ0v) is 11.7. The monoisotopic (exact) mass is 278 g/mol. The molecular formula is C15H22N2O3. The molecule has 3 atom stereocenters. The SMILES string of the molecule is O=C1CCN(C2CCOC2C2CC2)C(=O)C(C2CC2)N1. The maximum absolute atomic E-state index is 12.8. The largest absolute Gasteiger partial charge is 0.376 e. The van der Waals surface area contributed by atoms with Gasteiger partial charge in [0.25, 0.3) is 0 Å². The third kappa shape index (κ3) is 2.22. The lowest BCUT2D eigenvalue weighted by molar-refractivity contribution is -0.137. The van der Waals surface area contributed by atoms with Crippen LogP contribution in [0.2, 0.25) is 0 Å². The van der Waals surface area contributed by atoms with Gasteiger partial charge in [-0.25, -0.2) is 0 Å². The number of rotatable bonds is 3. The number of amides is 2. The third-order valence-electron chi connectivity index (χ3n) is 5.13. The molecule has 5 heteroatoms. The molecule has 2 aliphatic carbocycles. The van der Waals surface area contributed by atoms with Gasteiger partial charge in [0.1, 0.15) is 6.04 Å². The average molecular weight is 278 g/mol. The third-order valence-corrected chi connectivity index (χ3v) is 5.13. The smallest absolute Gasteiger partial charge is 0.245 e. The van der Waals surface area contributed by atoms with E-state index < -0.39 is 0 Å². The van der Waals surface area contributed by atoms with Crippen molar-refractivity contribution in [3.63, 3.8) is 0 Å². The number of carbonyl (C=O) groups is 2. The molecule has 1 N–H and O–H groups in total. The predicted molar refractivity (Wildman–Crippen MR) is 71.9 cm³/mol. The summed E-state index contributed by atoms with van der Waals surface area (Å²) in [5.41, 5.74) is 0. The van der Waals surface area contributed by atoms with Crippen molar-refractivity contribution in [1.29, 1.82) is 0 Å². The highest BCUT2D eigenvalue weighted by Crippen LogP contribution is 2.41. The number of ether oxygens (including phenoxy) is 1. The topological polar surface area (TPSA) is 58.6 Å². The van der Waals surface area contributed by atoms with Crippen LogP contribution in [-0.2, 0) is 14.3 Å². The molecule has 2 aliphatic heterocycles. The van der Waals surface area contributed by atoms with E-state index in [2.05, 4.69) is 5.32 Å². The molecule has 2 amide bonds. The van der Waals surface area contributed by atoms with E-state index in [1.165, 1.54) is 12.8 Å². The summed E-state index contributed by atoms with van der Waals surface area (Å²) in [7, 11) is 0. The molecule has 5 nitrogen and oxygen atoms in total. The minimum absolute atomic E-state index is 0.0274. The van der Waals surface area contributed by atoms with Gasteiger partial charge in [-0.15, -0.1) is 0 Å². The van der Waals surface area contributed by atoms with Crippen molar-refractivity contribution in [3.05, 3.63) is 0 Å². The summed E-state index contributed by atoms with van der Waals surface area (Å²) in [4.78, 5) is 26.6. The summed E-state index contributed by atoms with van der Waals surface area (Å²) >= 11 is 0. The van der Waals surface area contributed by atoms with Crippen LogP contribution >= 0.6 is 0 Å². The van der Waals surface area contributed by atoms with E-state index in [9.17, 15) is 9.59 Å². The molecule has 3 unspecified atom stereocenters. The highest BCUT2D eigenvalue weighted by molar-refractivity contribution is 5.90. The van der Waals surface area contributed by atoms with Gasteiger partial charge in [-0.1, -0.05) is 0 Å². The van der Waals surface area contributed by atoms with E-state index in [0.29, 0.717) is 24.8 Å². The number of nitrogens with one attached hydrogen (secondary N) is 1. The van der Waals surface area contributed by atoms with Crippen LogP contribution < -0.4 is 5.32 Å². The highest BCUT2D eigenvalue weighted by Gasteiger charge is 2.48. The molecule has 2 heterocycles. The van der Waals surface area contributed by atoms with Crippen molar-refractivity contribution >= 4 is 11.8 Å². The Hall–Kier alpha value is -1.10. The lowest BCUT2D eigenvalue weighted by Crippen LogP contribution is -2.52. The van der Waals surface area contributed by atoms with E-state index in [0.717, 1.165) is 25.9 Å². The fraction of sp³-hybridized carbons (Fsp3) is 0.867. The van der Waals surface area contributed by atoms with E-state index in [1.54, 1.807) is 0 Å². The summed E-state index contributed by atoms with van der Waals surface area (Å²) in [5.74, 6) is 1.18. The minimum atomic E-state index is -0.273. The van der Waals surface area contributed by atoms with E-state index in [4.69, 9.17) is 4.74 Å². The van der Waals surface area contributed by atoms with Crippen LogP contribution in [0.1, 0.15) is 38.5 Å². The van der Waals surface area contributed by atoms with Crippen LogP contribution in [0.15, 0.2) is 0 Å². The van der Waals surface area contributed by atoms with Gasteiger partial charge < -0.3 is 15.0 Å². The lowest BCUT2D eigenvalue weighted by atomic mass is 10.0. The lowest BCUT2D eigenvalue weighted by Gasteiger charge is -2.32. The predicted octanol–water partition coefficient (Wildman–Crippen LogP) is 0.681. The number of hydrogen-bond donors (Lipinski definition) is 1. The molecule has 4 aliphatic rings. The van der Waals surface area contributed by atoms with Crippen LogP contribution in [0.4, 0.5) is 0 Å².